The van der Waals surface area contributed by atoms with Gasteiger partial charge in [0.15, 0.2) is 0 Å². The second-order valence-electron chi connectivity index (χ2n) is 5.72. The molecule has 11 heteroatoms. The Morgan fingerprint density at radius 3 is 2.14 bits per heavy atom. The number of sulfonamides is 1. The van der Waals surface area contributed by atoms with Crippen LogP contribution in [0.25, 0.3) is 0 Å². The maximum atomic E-state index is 12.5. The van der Waals surface area contributed by atoms with Crippen LogP contribution in [0, 0.1) is 0 Å². The fourth-order valence-electron chi connectivity index (χ4n) is 2.17. The van der Waals surface area contributed by atoms with Crippen LogP contribution in [-0.4, -0.2) is 32.1 Å². The highest BCUT2D eigenvalue weighted by Gasteiger charge is 2.30. The number of benzene rings is 2. The highest BCUT2D eigenvalue weighted by molar-refractivity contribution is 7.89. The van der Waals surface area contributed by atoms with E-state index in [0.29, 0.717) is 10.6 Å². The zero-order valence-electron chi connectivity index (χ0n) is 14.2. The van der Waals surface area contributed by atoms with E-state index in [1.54, 1.807) is 0 Å². The van der Waals surface area contributed by atoms with Gasteiger partial charge in [0.1, 0.15) is 6.04 Å². The van der Waals surface area contributed by atoms with Crippen molar-refractivity contribution in [3.63, 3.8) is 0 Å². The van der Waals surface area contributed by atoms with Crippen molar-refractivity contribution >= 4 is 27.5 Å². The highest BCUT2D eigenvalue weighted by atomic mass is 35.5. The minimum absolute atomic E-state index is 0.143. The summed E-state index contributed by atoms with van der Waals surface area (Å²) in [6.45, 7) is -0.957. The topological polar surface area (TPSA) is 95.5 Å². The molecule has 1 amide bonds. The van der Waals surface area contributed by atoms with Gasteiger partial charge in [-0.3, -0.25) is 4.79 Å². The predicted molar refractivity (Wildman–Crippen MR) is 95.9 cm³/mol. The van der Waals surface area contributed by atoms with Crippen LogP contribution >= 0.6 is 11.6 Å². The third kappa shape index (κ3) is 5.93. The van der Waals surface area contributed by atoms with E-state index in [9.17, 15) is 31.5 Å². The molecule has 0 radical (unpaired) electrons. The van der Waals surface area contributed by atoms with E-state index in [1.165, 1.54) is 36.4 Å². The van der Waals surface area contributed by atoms with Crippen molar-refractivity contribution < 1.29 is 31.5 Å². The molecule has 6 nitrogen and oxygen atoms in total. The second-order valence-corrected chi connectivity index (χ2v) is 7.87. The molecule has 0 unspecified atom stereocenters. The predicted octanol–water partition coefficient (Wildman–Crippen LogP) is 2.31. The van der Waals surface area contributed by atoms with Crippen LogP contribution < -0.4 is 10.0 Å². The van der Waals surface area contributed by atoms with Crippen molar-refractivity contribution in [1.29, 1.82) is 0 Å². The van der Waals surface area contributed by atoms with Crippen LogP contribution in [0.15, 0.2) is 53.4 Å². The number of aliphatic hydroxyl groups is 1. The lowest BCUT2D eigenvalue weighted by molar-refractivity contribution is -0.137. The summed E-state index contributed by atoms with van der Waals surface area (Å²) >= 11 is 5.70. The first-order chi connectivity index (χ1) is 13.0. The van der Waals surface area contributed by atoms with Crippen molar-refractivity contribution in [2.75, 3.05) is 6.61 Å². The molecule has 0 aliphatic rings. The molecule has 3 N–H and O–H groups in total. The van der Waals surface area contributed by atoms with Crippen molar-refractivity contribution in [2.45, 2.75) is 23.7 Å². The molecular weight excluding hydrogens is 421 g/mol. The minimum Gasteiger partial charge on any atom is -0.394 e. The number of nitrogens with one attached hydrogen (secondary N) is 2. The Morgan fingerprint density at radius 1 is 1.07 bits per heavy atom. The molecule has 0 bridgehead atoms. The molecular formula is C17H16ClF3N2O4S. The lowest BCUT2D eigenvalue weighted by Crippen LogP contribution is -2.48. The van der Waals surface area contributed by atoms with Crippen LogP contribution in [0.1, 0.15) is 11.1 Å². The van der Waals surface area contributed by atoms with Gasteiger partial charge in [-0.05, 0) is 42.0 Å². The van der Waals surface area contributed by atoms with E-state index in [4.69, 9.17) is 11.6 Å². The molecule has 0 saturated carbocycles. The maximum Gasteiger partial charge on any atom is 0.416 e. The molecule has 2 rings (SSSR count). The summed E-state index contributed by atoms with van der Waals surface area (Å²) in [6, 6.07) is 7.82. The standard InChI is InChI=1S/C17H16ClF3N2O4S/c18-13-5-7-14(8-6-13)28(26,27)23-15(10-24)16(25)22-9-11-1-3-12(4-2-11)17(19,20)21/h1-8,15,23-24H,9-10H2,(H,22,25)/t15-/m0/s1. The van der Waals surface area contributed by atoms with E-state index in [0.717, 1.165) is 12.1 Å². The number of halogens is 4. The van der Waals surface area contributed by atoms with E-state index >= 15 is 0 Å². The molecule has 0 aromatic heterocycles. The monoisotopic (exact) mass is 436 g/mol. The van der Waals surface area contributed by atoms with Gasteiger partial charge in [-0.25, -0.2) is 8.42 Å². The molecule has 0 saturated heterocycles. The summed E-state index contributed by atoms with van der Waals surface area (Å²) in [5.74, 6) is -0.833. The van der Waals surface area contributed by atoms with Gasteiger partial charge in [0.2, 0.25) is 15.9 Å². The quantitative estimate of drug-likeness (QED) is 0.620. The Labute approximate surface area is 164 Å². The molecule has 152 valence electrons. The van der Waals surface area contributed by atoms with Gasteiger partial charge in [0, 0.05) is 11.6 Å². The molecule has 0 spiro atoms. The lowest BCUT2D eigenvalue weighted by Gasteiger charge is -2.16. The van der Waals surface area contributed by atoms with Gasteiger partial charge in [0.05, 0.1) is 17.1 Å². The van der Waals surface area contributed by atoms with E-state index in [1.807, 2.05) is 0 Å². The number of rotatable bonds is 7. The second kappa shape index (κ2) is 8.91. The summed E-state index contributed by atoms with van der Waals surface area (Å²) in [7, 11) is -4.09. The van der Waals surface area contributed by atoms with Crippen molar-refractivity contribution in [3.8, 4) is 0 Å². The average Bonchev–Trinajstić information content (AvgIpc) is 2.64. The Bertz CT molecular complexity index is 917. The molecule has 0 aliphatic heterocycles. The number of amides is 1. The summed E-state index contributed by atoms with van der Waals surface area (Å²) in [5.41, 5.74) is -0.454. The lowest BCUT2D eigenvalue weighted by atomic mass is 10.1. The van der Waals surface area contributed by atoms with Crippen LogP contribution in [0.3, 0.4) is 0 Å². The first-order valence-electron chi connectivity index (χ1n) is 7.85. The zero-order valence-corrected chi connectivity index (χ0v) is 15.8. The summed E-state index contributed by atoms with van der Waals surface area (Å²) in [4.78, 5) is 12.0. The molecule has 2 aromatic carbocycles. The molecule has 0 heterocycles. The Hall–Kier alpha value is -2.14. The van der Waals surface area contributed by atoms with Crippen LogP contribution in [0.5, 0.6) is 0 Å². The van der Waals surface area contributed by atoms with E-state index in [-0.39, 0.29) is 11.4 Å². The number of hydrogen-bond acceptors (Lipinski definition) is 4. The average molecular weight is 437 g/mol. The summed E-state index contributed by atoms with van der Waals surface area (Å²) < 4.78 is 64.2. The van der Waals surface area contributed by atoms with Gasteiger partial charge in [-0.15, -0.1) is 0 Å². The number of aliphatic hydroxyl groups excluding tert-OH is 1. The SMILES string of the molecule is O=C(NCc1ccc(C(F)(F)F)cc1)[C@H](CO)NS(=O)(=O)c1ccc(Cl)cc1. The van der Waals surface area contributed by atoms with Gasteiger partial charge in [-0.2, -0.15) is 17.9 Å². The van der Waals surface area contributed by atoms with Gasteiger partial charge >= 0.3 is 6.18 Å². The molecule has 1 atom stereocenters. The largest absolute Gasteiger partial charge is 0.416 e. The fraction of sp³-hybridized carbons (Fsp3) is 0.235. The Balaban J connectivity index is 2.00. The molecule has 0 fully saturated rings. The van der Waals surface area contributed by atoms with E-state index < -0.39 is 40.3 Å². The third-order valence-corrected chi connectivity index (χ3v) is 5.41. The summed E-state index contributed by atoms with van der Waals surface area (Å²) in [6.07, 6.45) is -4.47. The Kier molecular flexibility index (Phi) is 7.05. The van der Waals surface area contributed by atoms with Crippen molar-refractivity contribution in [3.05, 3.63) is 64.7 Å². The van der Waals surface area contributed by atoms with Gasteiger partial charge in [0.25, 0.3) is 0 Å². The van der Waals surface area contributed by atoms with Crippen molar-refractivity contribution in [1.82, 2.24) is 10.0 Å². The van der Waals surface area contributed by atoms with Gasteiger partial charge < -0.3 is 10.4 Å². The number of carbonyl (C=O) groups is 1. The Morgan fingerprint density at radius 2 is 1.64 bits per heavy atom. The maximum absolute atomic E-state index is 12.5. The number of hydrogen-bond donors (Lipinski definition) is 3. The van der Waals surface area contributed by atoms with Crippen LogP contribution in [-0.2, 0) is 27.5 Å². The zero-order chi connectivity index (χ0) is 20.9. The van der Waals surface area contributed by atoms with Gasteiger partial charge in [-0.1, -0.05) is 23.7 Å². The minimum atomic E-state index is -4.47. The fourth-order valence-corrected chi connectivity index (χ4v) is 3.48. The van der Waals surface area contributed by atoms with E-state index in [2.05, 4.69) is 10.0 Å². The molecule has 0 aliphatic carbocycles. The molecule has 28 heavy (non-hydrogen) atoms. The van der Waals surface area contributed by atoms with Crippen LogP contribution in [0.4, 0.5) is 13.2 Å². The number of alkyl halides is 3. The summed E-state index contributed by atoms with van der Waals surface area (Å²) in [5, 5.41) is 12.0. The first kappa shape index (κ1) is 22.2. The number of carbonyl (C=O) groups excluding carboxylic acids is 1. The highest BCUT2D eigenvalue weighted by Crippen LogP contribution is 2.29. The third-order valence-electron chi connectivity index (χ3n) is 3.67. The van der Waals surface area contributed by atoms with Crippen molar-refractivity contribution in [2.24, 2.45) is 0 Å². The van der Waals surface area contributed by atoms with Crippen LogP contribution in [0.2, 0.25) is 5.02 Å². The normalized spacial score (nSPS) is 13.2. The smallest absolute Gasteiger partial charge is 0.394 e. The first-order valence-corrected chi connectivity index (χ1v) is 9.71. The molecule has 2 aromatic rings.